The average molecular weight is 387 g/mol. The fraction of sp³-hybridized carbons (Fsp3) is 0.125. The van der Waals surface area contributed by atoms with Crippen LogP contribution in [0.15, 0.2) is 36.5 Å². The summed E-state index contributed by atoms with van der Waals surface area (Å²) in [6.45, 7) is -0.701. The van der Waals surface area contributed by atoms with Gasteiger partial charge in [-0.15, -0.1) is 0 Å². The maximum absolute atomic E-state index is 12.5. The van der Waals surface area contributed by atoms with Gasteiger partial charge in [-0.2, -0.15) is 13.2 Å². The number of hydrogen-bond acceptors (Lipinski definition) is 5. The van der Waals surface area contributed by atoms with E-state index in [2.05, 4.69) is 10.3 Å². The normalized spacial score (nSPS) is 10.9. The fourth-order valence-corrected chi connectivity index (χ4v) is 1.98. The number of amides is 1. The molecule has 0 saturated heterocycles. The molecule has 2 rings (SSSR count). The molecule has 0 radical (unpaired) electrons. The number of carbonyl (C=O) groups excluding carboxylic acids is 3. The lowest BCUT2D eigenvalue weighted by Gasteiger charge is -2.10. The number of rotatable bonds is 5. The van der Waals surface area contributed by atoms with Gasteiger partial charge in [0, 0.05) is 11.8 Å². The molecule has 1 N–H and O–H groups in total. The molecule has 0 atom stereocenters. The van der Waals surface area contributed by atoms with Crippen molar-refractivity contribution in [2.24, 2.45) is 0 Å². The van der Waals surface area contributed by atoms with Gasteiger partial charge in [-0.05, 0) is 18.2 Å². The smallest absolute Gasteiger partial charge is 0.417 e. The molecule has 136 valence electrons. The minimum atomic E-state index is -4.62. The van der Waals surface area contributed by atoms with Gasteiger partial charge in [-0.25, -0.2) is 9.78 Å². The Morgan fingerprint density at radius 1 is 1.23 bits per heavy atom. The second kappa shape index (κ2) is 7.96. The molecule has 0 unspecified atom stereocenters. The third-order valence-electron chi connectivity index (χ3n) is 3.04. The van der Waals surface area contributed by atoms with E-state index in [0.717, 1.165) is 0 Å². The van der Waals surface area contributed by atoms with Crippen molar-refractivity contribution in [2.45, 2.75) is 6.18 Å². The van der Waals surface area contributed by atoms with Crippen LogP contribution in [0.1, 0.15) is 26.3 Å². The molecular weight excluding hydrogens is 377 g/mol. The van der Waals surface area contributed by atoms with E-state index in [9.17, 15) is 27.6 Å². The first kappa shape index (κ1) is 19.4. The van der Waals surface area contributed by atoms with Crippen LogP contribution in [0.5, 0.6) is 0 Å². The van der Waals surface area contributed by atoms with Gasteiger partial charge < -0.3 is 10.1 Å². The number of halogens is 4. The molecule has 0 aliphatic heterocycles. The number of nitrogens with zero attached hydrogens (tertiary/aromatic N) is 1. The predicted molar refractivity (Wildman–Crippen MR) is 85.0 cm³/mol. The van der Waals surface area contributed by atoms with Gasteiger partial charge in [0.05, 0.1) is 16.1 Å². The zero-order valence-electron chi connectivity index (χ0n) is 12.8. The highest BCUT2D eigenvalue weighted by molar-refractivity contribution is 6.33. The van der Waals surface area contributed by atoms with Crippen molar-refractivity contribution in [2.75, 3.05) is 11.9 Å². The topological polar surface area (TPSA) is 85.4 Å². The van der Waals surface area contributed by atoms with Crippen LogP contribution in [0.2, 0.25) is 5.02 Å². The van der Waals surface area contributed by atoms with Crippen molar-refractivity contribution in [1.29, 1.82) is 0 Å². The molecule has 10 heteroatoms. The van der Waals surface area contributed by atoms with Crippen LogP contribution >= 0.6 is 11.6 Å². The van der Waals surface area contributed by atoms with Gasteiger partial charge in [0.1, 0.15) is 6.29 Å². The van der Waals surface area contributed by atoms with Crippen molar-refractivity contribution in [3.63, 3.8) is 0 Å². The van der Waals surface area contributed by atoms with Crippen LogP contribution < -0.4 is 5.32 Å². The maximum Gasteiger partial charge on any atom is 0.417 e. The number of esters is 1. The number of pyridine rings is 1. The van der Waals surface area contributed by atoms with Crippen LogP contribution in [0.3, 0.4) is 0 Å². The Balaban J connectivity index is 1.94. The summed E-state index contributed by atoms with van der Waals surface area (Å²) in [5.41, 5.74) is -0.581. The van der Waals surface area contributed by atoms with Crippen molar-refractivity contribution in [3.8, 4) is 0 Å². The molecule has 26 heavy (non-hydrogen) atoms. The van der Waals surface area contributed by atoms with Gasteiger partial charge in [-0.1, -0.05) is 23.7 Å². The van der Waals surface area contributed by atoms with E-state index in [0.29, 0.717) is 24.1 Å². The molecular formula is C16H10ClF3N2O4. The van der Waals surface area contributed by atoms with Crippen LogP contribution in [-0.4, -0.2) is 29.8 Å². The maximum atomic E-state index is 12.5. The van der Waals surface area contributed by atoms with E-state index in [-0.39, 0.29) is 11.4 Å². The number of carbonyl (C=O) groups is 3. The predicted octanol–water partition coefficient (Wildman–Crippen LogP) is 3.36. The Kier molecular flexibility index (Phi) is 5.93. The lowest BCUT2D eigenvalue weighted by atomic mass is 10.1. The Hall–Kier alpha value is -2.94. The number of nitrogens with one attached hydrogen (secondary N) is 1. The van der Waals surface area contributed by atoms with Gasteiger partial charge in [0.25, 0.3) is 5.91 Å². The molecule has 2 aromatic rings. The first-order chi connectivity index (χ1) is 12.2. The number of aromatic nitrogens is 1. The molecule has 1 aromatic heterocycles. The van der Waals surface area contributed by atoms with E-state index in [1.807, 2.05) is 0 Å². The van der Waals surface area contributed by atoms with Crippen molar-refractivity contribution in [1.82, 2.24) is 4.98 Å². The van der Waals surface area contributed by atoms with E-state index < -0.39 is 35.2 Å². The molecule has 0 bridgehead atoms. The Morgan fingerprint density at radius 2 is 1.88 bits per heavy atom. The van der Waals surface area contributed by atoms with Gasteiger partial charge >= 0.3 is 12.1 Å². The van der Waals surface area contributed by atoms with Crippen LogP contribution in [0.4, 0.5) is 19.0 Å². The number of aldehydes is 1. The highest BCUT2D eigenvalue weighted by Crippen LogP contribution is 2.32. The number of alkyl halides is 3. The Labute approximate surface area is 149 Å². The summed E-state index contributed by atoms with van der Waals surface area (Å²) in [5.74, 6) is -1.95. The summed E-state index contributed by atoms with van der Waals surface area (Å²) in [5, 5.41) is 1.73. The lowest BCUT2D eigenvalue weighted by Crippen LogP contribution is -2.22. The molecule has 1 aromatic carbocycles. The van der Waals surface area contributed by atoms with E-state index >= 15 is 0 Å². The summed E-state index contributed by atoms with van der Waals surface area (Å²) in [7, 11) is 0. The summed E-state index contributed by atoms with van der Waals surface area (Å²) in [4.78, 5) is 37.5. The molecule has 1 heterocycles. The first-order valence-electron chi connectivity index (χ1n) is 6.95. The van der Waals surface area contributed by atoms with E-state index in [1.54, 1.807) is 0 Å². The van der Waals surface area contributed by atoms with Gasteiger partial charge in [0.15, 0.2) is 12.4 Å². The zero-order valence-corrected chi connectivity index (χ0v) is 13.6. The SMILES string of the molecule is O=Cc1ccc(C(=O)OCC(=O)Nc2ncc(C(F)(F)F)cc2Cl)cc1. The monoisotopic (exact) mass is 386 g/mol. The molecule has 0 fully saturated rings. The Bertz CT molecular complexity index is 838. The first-order valence-corrected chi connectivity index (χ1v) is 7.33. The number of ether oxygens (including phenoxy) is 1. The fourth-order valence-electron chi connectivity index (χ4n) is 1.77. The third kappa shape index (κ3) is 5.03. The van der Waals surface area contributed by atoms with E-state index in [1.165, 1.54) is 24.3 Å². The molecule has 1 amide bonds. The molecule has 0 saturated carbocycles. The zero-order chi connectivity index (χ0) is 19.3. The van der Waals surface area contributed by atoms with E-state index in [4.69, 9.17) is 16.3 Å². The number of hydrogen-bond donors (Lipinski definition) is 1. The summed E-state index contributed by atoms with van der Waals surface area (Å²) < 4.78 is 42.3. The minimum Gasteiger partial charge on any atom is -0.452 e. The summed E-state index contributed by atoms with van der Waals surface area (Å²) in [6.07, 6.45) is -3.50. The number of anilines is 1. The Morgan fingerprint density at radius 3 is 2.42 bits per heavy atom. The van der Waals surface area contributed by atoms with Crippen LogP contribution in [-0.2, 0) is 15.7 Å². The van der Waals surface area contributed by atoms with Crippen LogP contribution in [0, 0.1) is 0 Å². The standard InChI is InChI=1S/C16H10ClF3N2O4/c17-12-5-11(16(18,19)20)6-21-14(12)22-13(24)8-26-15(25)10-3-1-9(7-23)2-4-10/h1-7H,8H2,(H,21,22,24). The van der Waals surface area contributed by atoms with Gasteiger partial charge in [-0.3, -0.25) is 9.59 Å². The molecule has 6 nitrogen and oxygen atoms in total. The second-order valence-corrected chi connectivity index (χ2v) is 5.32. The van der Waals surface area contributed by atoms with Gasteiger partial charge in [0.2, 0.25) is 0 Å². The highest BCUT2D eigenvalue weighted by Gasteiger charge is 2.31. The minimum absolute atomic E-state index is 0.120. The molecule has 0 aliphatic rings. The summed E-state index contributed by atoms with van der Waals surface area (Å²) >= 11 is 5.65. The average Bonchev–Trinajstić information content (AvgIpc) is 2.60. The number of benzene rings is 1. The second-order valence-electron chi connectivity index (χ2n) is 4.92. The highest BCUT2D eigenvalue weighted by atomic mass is 35.5. The molecule has 0 aliphatic carbocycles. The molecule has 0 spiro atoms. The van der Waals surface area contributed by atoms with Crippen molar-refractivity contribution in [3.05, 3.63) is 58.2 Å². The largest absolute Gasteiger partial charge is 0.452 e. The lowest BCUT2D eigenvalue weighted by molar-refractivity contribution is -0.137. The van der Waals surface area contributed by atoms with Crippen molar-refractivity contribution >= 4 is 35.6 Å². The summed E-state index contributed by atoms with van der Waals surface area (Å²) in [6, 6.07) is 6.10. The quantitative estimate of drug-likeness (QED) is 0.629. The van der Waals surface area contributed by atoms with Crippen LogP contribution in [0.25, 0.3) is 0 Å². The third-order valence-corrected chi connectivity index (χ3v) is 3.33. The van der Waals surface area contributed by atoms with Crippen molar-refractivity contribution < 1.29 is 32.3 Å².